The van der Waals surface area contributed by atoms with Gasteiger partial charge >= 0.3 is 6.09 Å². The Morgan fingerprint density at radius 3 is 2.71 bits per heavy atom. The summed E-state index contributed by atoms with van der Waals surface area (Å²) in [6, 6.07) is -0.944. The summed E-state index contributed by atoms with van der Waals surface area (Å²) in [4.78, 5) is 24.5. The molecule has 3 atom stereocenters. The number of β-amino-alcohol motifs (C(OH)–C–C–N with tert-alkyl or cyclic N) is 1. The summed E-state index contributed by atoms with van der Waals surface area (Å²) in [7, 11) is 0. The van der Waals surface area contributed by atoms with Crippen molar-refractivity contribution in [2.75, 3.05) is 13.1 Å². The molecule has 1 heterocycles. The predicted octanol–water partition coefficient (Wildman–Crippen LogP) is 1.30. The van der Waals surface area contributed by atoms with Crippen LogP contribution in [-0.2, 0) is 9.53 Å². The number of carbonyl (C=O) groups is 2. The maximum atomic E-state index is 12.6. The molecule has 140 valence electrons. The van der Waals surface area contributed by atoms with E-state index in [0.29, 0.717) is 19.4 Å². The van der Waals surface area contributed by atoms with E-state index in [4.69, 9.17) is 4.74 Å². The van der Waals surface area contributed by atoms with Crippen molar-refractivity contribution in [3.05, 3.63) is 0 Å². The van der Waals surface area contributed by atoms with Crippen LogP contribution in [0.4, 0.5) is 4.79 Å². The first-order chi connectivity index (χ1) is 11.2. The lowest BCUT2D eigenvalue weighted by molar-refractivity contribution is -0.125. The Morgan fingerprint density at radius 2 is 2.08 bits per heavy atom. The van der Waals surface area contributed by atoms with Gasteiger partial charge in [-0.05, 0) is 46.6 Å². The highest BCUT2D eigenvalue weighted by Gasteiger charge is 2.28. The quantitative estimate of drug-likeness (QED) is 0.582. The Labute approximate surface area is 144 Å². The van der Waals surface area contributed by atoms with Gasteiger partial charge in [-0.1, -0.05) is 19.8 Å². The van der Waals surface area contributed by atoms with Crippen LogP contribution in [0.1, 0.15) is 59.8 Å². The van der Waals surface area contributed by atoms with Crippen LogP contribution in [0.5, 0.6) is 0 Å². The molecule has 0 aromatic carbocycles. The van der Waals surface area contributed by atoms with Crippen molar-refractivity contribution in [1.29, 1.82) is 0 Å². The summed E-state index contributed by atoms with van der Waals surface area (Å²) in [6.07, 6.45) is 2.68. The summed E-state index contributed by atoms with van der Waals surface area (Å²) < 4.78 is 5.24. The first kappa shape index (κ1) is 20.7. The van der Waals surface area contributed by atoms with E-state index in [-0.39, 0.29) is 11.9 Å². The molecule has 0 aliphatic carbocycles. The van der Waals surface area contributed by atoms with Crippen LogP contribution in [0.2, 0.25) is 0 Å². The highest BCUT2D eigenvalue weighted by atomic mass is 16.6. The second-order valence-corrected chi connectivity index (χ2v) is 7.37. The number of rotatable bonds is 6. The van der Waals surface area contributed by atoms with Gasteiger partial charge in [0.2, 0.25) is 5.91 Å². The zero-order chi connectivity index (χ0) is 18.2. The molecule has 2 unspecified atom stereocenters. The van der Waals surface area contributed by atoms with Crippen LogP contribution in [0.3, 0.4) is 0 Å². The van der Waals surface area contributed by atoms with E-state index in [2.05, 4.69) is 16.0 Å². The number of alkyl carbamates (subject to hydrolysis) is 1. The van der Waals surface area contributed by atoms with Gasteiger partial charge in [0.15, 0.2) is 0 Å². The molecule has 1 fully saturated rings. The molecule has 7 heteroatoms. The van der Waals surface area contributed by atoms with E-state index in [1.165, 1.54) is 0 Å². The largest absolute Gasteiger partial charge is 0.444 e. The van der Waals surface area contributed by atoms with E-state index in [0.717, 1.165) is 25.8 Å². The van der Waals surface area contributed by atoms with E-state index in [9.17, 15) is 14.7 Å². The third-order valence-electron chi connectivity index (χ3n) is 3.87. The molecule has 1 aliphatic rings. The Hall–Kier alpha value is -1.34. The van der Waals surface area contributed by atoms with Gasteiger partial charge in [-0.2, -0.15) is 0 Å². The van der Waals surface area contributed by atoms with E-state index in [1.54, 1.807) is 20.8 Å². The number of aliphatic hydroxyl groups excluding tert-OH is 1. The summed E-state index contributed by atoms with van der Waals surface area (Å²) in [5, 5.41) is 18.8. The van der Waals surface area contributed by atoms with Crippen LogP contribution in [0.25, 0.3) is 0 Å². The molecule has 24 heavy (non-hydrogen) atoms. The first-order valence-corrected chi connectivity index (χ1v) is 8.91. The molecule has 0 aromatic rings. The fraction of sp³-hybridized carbons (Fsp3) is 0.882. The Bertz CT molecular complexity index is 409. The lowest BCUT2D eigenvalue weighted by atomic mass is 10.0. The maximum Gasteiger partial charge on any atom is 0.408 e. The summed E-state index contributed by atoms with van der Waals surface area (Å²) >= 11 is 0. The van der Waals surface area contributed by atoms with E-state index < -0.39 is 23.8 Å². The molecule has 1 aliphatic heterocycles. The smallest absolute Gasteiger partial charge is 0.408 e. The number of nitrogens with one attached hydrogen (secondary N) is 3. The van der Waals surface area contributed by atoms with Gasteiger partial charge in [0.1, 0.15) is 11.6 Å². The maximum absolute atomic E-state index is 12.6. The van der Waals surface area contributed by atoms with Crippen LogP contribution >= 0.6 is 0 Å². The topological polar surface area (TPSA) is 99.7 Å². The third kappa shape index (κ3) is 7.97. The standard InChI is InChI=1S/C17H33N3O4/c1-5-6-8-13(20-16(23)24-17(2,3)4)15(22)19-12-9-7-10-18-11-14(12)21/h12-14,18,21H,5-11H2,1-4H3,(H,19,22)(H,20,23)/t12?,13?,14-/m0/s1. The molecular weight excluding hydrogens is 310 g/mol. The normalized spacial score (nSPS) is 23.0. The zero-order valence-corrected chi connectivity index (χ0v) is 15.4. The minimum atomic E-state index is -0.650. The fourth-order valence-corrected chi connectivity index (χ4v) is 2.61. The highest BCUT2D eigenvalue weighted by Crippen LogP contribution is 2.10. The Kier molecular flexibility index (Phi) is 8.48. The molecule has 1 saturated heterocycles. The number of amides is 2. The SMILES string of the molecule is CCCCC(NC(=O)OC(C)(C)C)C(=O)NC1CCCNC[C@@H]1O. The highest BCUT2D eigenvalue weighted by molar-refractivity contribution is 5.85. The molecule has 1 rings (SSSR count). The van der Waals surface area contributed by atoms with Crippen LogP contribution in [0, 0.1) is 0 Å². The molecule has 0 radical (unpaired) electrons. The lowest BCUT2D eigenvalue weighted by Crippen LogP contribution is -2.53. The van der Waals surface area contributed by atoms with Gasteiger partial charge in [-0.25, -0.2) is 4.79 Å². The molecule has 4 N–H and O–H groups in total. The van der Waals surface area contributed by atoms with Crippen LogP contribution in [0.15, 0.2) is 0 Å². The Balaban J connectivity index is 2.64. The van der Waals surface area contributed by atoms with Crippen molar-refractivity contribution >= 4 is 12.0 Å². The summed E-state index contributed by atoms with van der Waals surface area (Å²) in [5.74, 6) is -0.264. The average molecular weight is 343 g/mol. The molecule has 0 spiro atoms. The van der Waals surface area contributed by atoms with E-state index in [1.807, 2.05) is 6.92 Å². The summed E-state index contributed by atoms with van der Waals surface area (Å²) in [5.41, 5.74) is -0.612. The first-order valence-electron chi connectivity index (χ1n) is 8.91. The van der Waals surface area contributed by atoms with Crippen molar-refractivity contribution in [2.24, 2.45) is 0 Å². The second-order valence-electron chi connectivity index (χ2n) is 7.37. The monoisotopic (exact) mass is 343 g/mol. The molecule has 0 saturated carbocycles. The van der Waals surface area contributed by atoms with Crippen LogP contribution in [-0.4, -0.2) is 54.0 Å². The minimum absolute atomic E-state index is 0.264. The molecule has 7 nitrogen and oxygen atoms in total. The molecule has 0 bridgehead atoms. The van der Waals surface area contributed by atoms with Gasteiger partial charge in [-0.3, -0.25) is 4.79 Å². The molecule has 0 aromatic heterocycles. The number of carbonyl (C=O) groups excluding carboxylic acids is 2. The van der Waals surface area contributed by atoms with Crippen LogP contribution < -0.4 is 16.0 Å². The van der Waals surface area contributed by atoms with Crippen molar-refractivity contribution in [2.45, 2.75) is 83.6 Å². The van der Waals surface area contributed by atoms with Gasteiger partial charge in [0, 0.05) is 6.54 Å². The van der Waals surface area contributed by atoms with Gasteiger partial charge in [0.05, 0.1) is 12.1 Å². The van der Waals surface area contributed by atoms with E-state index >= 15 is 0 Å². The minimum Gasteiger partial charge on any atom is -0.444 e. The van der Waals surface area contributed by atoms with Crippen molar-refractivity contribution in [3.8, 4) is 0 Å². The molecule has 2 amide bonds. The van der Waals surface area contributed by atoms with Gasteiger partial charge in [-0.15, -0.1) is 0 Å². The number of aliphatic hydroxyl groups is 1. The fourth-order valence-electron chi connectivity index (χ4n) is 2.61. The average Bonchev–Trinajstić information content (AvgIpc) is 2.66. The Morgan fingerprint density at radius 1 is 1.38 bits per heavy atom. The second kappa shape index (κ2) is 9.84. The zero-order valence-electron chi connectivity index (χ0n) is 15.4. The summed E-state index contributed by atoms with van der Waals surface area (Å²) in [6.45, 7) is 8.67. The number of hydrogen-bond acceptors (Lipinski definition) is 5. The van der Waals surface area contributed by atoms with Gasteiger partial charge < -0.3 is 25.8 Å². The molecular formula is C17H33N3O4. The lowest BCUT2D eigenvalue weighted by Gasteiger charge is -2.26. The number of ether oxygens (including phenoxy) is 1. The third-order valence-corrected chi connectivity index (χ3v) is 3.87. The van der Waals surface area contributed by atoms with Gasteiger partial charge in [0.25, 0.3) is 0 Å². The van der Waals surface area contributed by atoms with Crippen molar-refractivity contribution in [1.82, 2.24) is 16.0 Å². The van der Waals surface area contributed by atoms with Crippen molar-refractivity contribution < 1.29 is 19.4 Å². The number of unbranched alkanes of at least 4 members (excludes halogenated alkanes) is 1. The predicted molar refractivity (Wildman–Crippen MR) is 92.7 cm³/mol. The number of hydrogen-bond donors (Lipinski definition) is 4. The van der Waals surface area contributed by atoms with Crippen molar-refractivity contribution in [3.63, 3.8) is 0 Å².